The van der Waals surface area contributed by atoms with Crippen LogP contribution in [0.4, 0.5) is 0 Å². The first-order valence-electron chi connectivity index (χ1n) is 6.66. The Bertz CT molecular complexity index is 355. The molecular weight excluding hydrogens is 248 g/mol. The number of carbonyl (C=O) groups excluding carboxylic acids is 2. The third-order valence-electron chi connectivity index (χ3n) is 3.39. The van der Waals surface area contributed by atoms with Crippen LogP contribution in [0.2, 0.25) is 0 Å². The van der Waals surface area contributed by atoms with E-state index in [1.165, 1.54) is 9.80 Å². The van der Waals surface area contributed by atoms with Crippen molar-refractivity contribution in [2.45, 2.75) is 44.6 Å². The number of piperidine rings is 1. The van der Waals surface area contributed by atoms with Gasteiger partial charge in [-0.05, 0) is 25.7 Å². The van der Waals surface area contributed by atoms with E-state index < -0.39 is 12.0 Å². The molecule has 1 N–H and O–H groups in total. The summed E-state index contributed by atoms with van der Waals surface area (Å²) < 4.78 is 0. The minimum atomic E-state index is -0.933. The van der Waals surface area contributed by atoms with Gasteiger partial charge in [-0.25, -0.2) is 4.79 Å². The average Bonchev–Trinajstić information content (AvgIpc) is 2.38. The number of hydrogen-bond acceptors (Lipinski definition) is 3. The van der Waals surface area contributed by atoms with E-state index >= 15 is 0 Å². The summed E-state index contributed by atoms with van der Waals surface area (Å²) in [7, 11) is 3.35. The fraction of sp³-hybridized carbons (Fsp3) is 0.769. The maximum atomic E-state index is 12.0. The Morgan fingerprint density at radius 1 is 1.21 bits per heavy atom. The average molecular weight is 270 g/mol. The molecule has 1 aliphatic rings. The second kappa shape index (κ2) is 7.11. The predicted molar refractivity (Wildman–Crippen MR) is 69.5 cm³/mol. The first-order chi connectivity index (χ1) is 8.93. The molecule has 0 bridgehead atoms. The molecule has 19 heavy (non-hydrogen) atoms. The number of hydrogen-bond donors (Lipinski definition) is 1. The van der Waals surface area contributed by atoms with Gasteiger partial charge in [-0.3, -0.25) is 9.59 Å². The van der Waals surface area contributed by atoms with Crippen molar-refractivity contribution in [2.75, 3.05) is 20.6 Å². The van der Waals surface area contributed by atoms with Gasteiger partial charge in [0.15, 0.2) is 0 Å². The van der Waals surface area contributed by atoms with Gasteiger partial charge < -0.3 is 14.9 Å². The lowest BCUT2D eigenvalue weighted by molar-refractivity contribution is -0.152. The highest BCUT2D eigenvalue weighted by Crippen LogP contribution is 2.18. The van der Waals surface area contributed by atoms with E-state index in [0.717, 1.165) is 12.8 Å². The van der Waals surface area contributed by atoms with Crippen molar-refractivity contribution >= 4 is 17.8 Å². The Balaban J connectivity index is 2.43. The molecule has 1 aliphatic heterocycles. The number of nitrogens with zero attached hydrogens (tertiary/aromatic N) is 2. The van der Waals surface area contributed by atoms with Crippen LogP contribution in [0.25, 0.3) is 0 Å². The Morgan fingerprint density at radius 2 is 1.89 bits per heavy atom. The topological polar surface area (TPSA) is 77.9 Å². The molecule has 0 aromatic carbocycles. The van der Waals surface area contributed by atoms with Crippen molar-refractivity contribution in [3.63, 3.8) is 0 Å². The Labute approximate surface area is 113 Å². The number of likely N-dealkylation sites (tertiary alicyclic amines) is 1. The van der Waals surface area contributed by atoms with Crippen LogP contribution in [0.3, 0.4) is 0 Å². The predicted octanol–water partition coefficient (Wildman–Crippen LogP) is 0.711. The van der Waals surface area contributed by atoms with Crippen molar-refractivity contribution in [3.8, 4) is 0 Å². The molecule has 1 rings (SSSR count). The zero-order valence-electron chi connectivity index (χ0n) is 11.6. The molecule has 0 aromatic heterocycles. The van der Waals surface area contributed by atoms with Gasteiger partial charge >= 0.3 is 5.97 Å². The number of carbonyl (C=O) groups is 3. The van der Waals surface area contributed by atoms with E-state index in [-0.39, 0.29) is 18.2 Å². The summed E-state index contributed by atoms with van der Waals surface area (Å²) >= 11 is 0. The van der Waals surface area contributed by atoms with Crippen LogP contribution in [0.1, 0.15) is 38.5 Å². The summed E-state index contributed by atoms with van der Waals surface area (Å²) in [5.74, 6) is -1.10. The maximum Gasteiger partial charge on any atom is 0.326 e. The molecule has 1 saturated heterocycles. The highest BCUT2D eigenvalue weighted by atomic mass is 16.4. The molecule has 1 heterocycles. The zero-order chi connectivity index (χ0) is 14.4. The number of aliphatic carboxylic acids is 1. The molecule has 1 atom stereocenters. The quantitative estimate of drug-likeness (QED) is 0.798. The Morgan fingerprint density at radius 3 is 2.47 bits per heavy atom. The lowest BCUT2D eigenvalue weighted by Gasteiger charge is -2.33. The Kier molecular flexibility index (Phi) is 5.79. The van der Waals surface area contributed by atoms with Crippen molar-refractivity contribution in [1.29, 1.82) is 0 Å². The molecule has 0 spiro atoms. The van der Waals surface area contributed by atoms with E-state index in [4.69, 9.17) is 5.11 Å². The zero-order valence-corrected chi connectivity index (χ0v) is 11.6. The van der Waals surface area contributed by atoms with E-state index in [0.29, 0.717) is 25.8 Å². The first-order valence-corrected chi connectivity index (χ1v) is 6.66. The standard InChI is InChI=1S/C13H22N2O4/c1-14(2)11(16)7-5-8-12(17)15-9-4-3-6-10(15)13(18)19/h10H,3-9H2,1-2H3,(H,18,19). The maximum absolute atomic E-state index is 12.0. The van der Waals surface area contributed by atoms with E-state index in [1.54, 1.807) is 14.1 Å². The lowest BCUT2D eigenvalue weighted by Crippen LogP contribution is -2.47. The van der Waals surface area contributed by atoms with Gasteiger partial charge in [0.25, 0.3) is 0 Å². The second-order valence-electron chi connectivity index (χ2n) is 5.08. The van der Waals surface area contributed by atoms with Crippen molar-refractivity contribution in [1.82, 2.24) is 9.80 Å². The molecule has 6 nitrogen and oxygen atoms in total. The molecular formula is C13H22N2O4. The van der Waals surface area contributed by atoms with Crippen LogP contribution in [-0.4, -0.2) is 59.4 Å². The van der Waals surface area contributed by atoms with Gasteiger partial charge in [0.1, 0.15) is 6.04 Å². The first kappa shape index (κ1) is 15.5. The van der Waals surface area contributed by atoms with Crippen LogP contribution in [0, 0.1) is 0 Å². The van der Waals surface area contributed by atoms with Crippen LogP contribution >= 0.6 is 0 Å². The minimum Gasteiger partial charge on any atom is -0.480 e. The number of amides is 2. The van der Waals surface area contributed by atoms with E-state index in [1.807, 2.05) is 0 Å². The molecule has 0 aromatic rings. The third kappa shape index (κ3) is 4.54. The molecule has 0 saturated carbocycles. The SMILES string of the molecule is CN(C)C(=O)CCCC(=O)N1CCCCC1C(=O)O. The van der Waals surface area contributed by atoms with Gasteiger partial charge in [-0.15, -0.1) is 0 Å². The lowest BCUT2D eigenvalue weighted by atomic mass is 10.0. The normalized spacial score (nSPS) is 19.1. The number of rotatable bonds is 5. The molecule has 1 unspecified atom stereocenters. The van der Waals surface area contributed by atoms with E-state index in [9.17, 15) is 14.4 Å². The van der Waals surface area contributed by atoms with Gasteiger partial charge in [0.05, 0.1) is 0 Å². The van der Waals surface area contributed by atoms with Gasteiger partial charge in [-0.1, -0.05) is 0 Å². The monoisotopic (exact) mass is 270 g/mol. The minimum absolute atomic E-state index is 0.0128. The van der Waals surface area contributed by atoms with Gasteiger partial charge in [0.2, 0.25) is 11.8 Å². The van der Waals surface area contributed by atoms with Gasteiger partial charge in [-0.2, -0.15) is 0 Å². The highest BCUT2D eigenvalue weighted by Gasteiger charge is 2.31. The number of carboxylic acids is 1. The van der Waals surface area contributed by atoms with Crippen LogP contribution in [-0.2, 0) is 14.4 Å². The molecule has 2 amide bonds. The molecule has 0 aliphatic carbocycles. The summed E-state index contributed by atoms with van der Waals surface area (Å²) in [6.45, 7) is 0.511. The summed E-state index contributed by atoms with van der Waals surface area (Å²) in [5, 5.41) is 9.09. The molecule has 0 radical (unpaired) electrons. The molecule has 6 heteroatoms. The molecule has 1 fully saturated rings. The van der Waals surface area contributed by atoms with Crippen molar-refractivity contribution in [3.05, 3.63) is 0 Å². The fourth-order valence-corrected chi connectivity index (χ4v) is 2.24. The molecule has 108 valence electrons. The Hall–Kier alpha value is -1.59. The largest absolute Gasteiger partial charge is 0.480 e. The summed E-state index contributed by atoms with van der Waals surface area (Å²) in [4.78, 5) is 37.4. The summed E-state index contributed by atoms with van der Waals surface area (Å²) in [6.07, 6.45) is 3.26. The van der Waals surface area contributed by atoms with Gasteiger partial charge in [0, 0.05) is 33.5 Å². The van der Waals surface area contributed by atoms with Crippen molar-refractivity contribution in [2.24, 2.45) is 0 Å². The smallest absolute Gasteiger partial charge is 0.326 e. The van der Waals surface area contributed by atoms with Crippen LogP contribution < -0.4 is 0 Å². The van der Waals surface area contributed by atoms with Crippen LogP contribution in [0.5, 0.6) is 0 Å². The van der Waals surface area contributed by atoms with Crippen LogP contribution in [0.15, 0.2) is 0 Å². The summed E-state index contributed by atoms with van der Waals surface area (Å²) in [6, 6.07) is -0.689. The third-order valence-corrected chi connectivity index (χ3v) is 3.39. The second-order valence-corrected chi connectivity index (χ2v) is 5.08. The number of carboxylic acid groups (broad SMARTS) is 1. The van der Waals surface area contributed by atoms with E-state index in [2.05, 4.69) is 0 Å². The highest BCUT2D eigenvalue weighted by molar-refractivity contribution is 5.84. The van der Waals surface area contributed by atoms with Crippen molar-refractivity contribution < 1.29 is 19.5 Å². The summed E-state index contributed by atoms with van der Waals surface area (Å²) in [5.41, 5.74) is 0. The fourth-order valence-electron chi connectivity index (χ4n) is 2.24.